The Hall–Kier alpha value is -5.92. The fraction of sp³-hybridized carbons (Fsp3) is 0.600. The average Bonchev–Trinajstić information content (AvgIpc) is 4.05. The number of alkyl carbamates (subject to hydrolysis) is 1. The molecule has 0 unspecified atom stereocenters. The summed E-state index contributed by atoms with van der Waals surface area (Å²) in [6.45, 7) is 13.7. The number of hydrogen-bond donors (Lipinski definition) is 6. The fourth-order valence-corrected chi connectivity index (χ4v) is 10.7. The number of hydrogen-bond acceptors (Lipinski definition) is 12. The van der Waals surface area contributed by atoms with E-state index in [1.54, 1.807) is 32.1 Å². The molecule has 0 aliphatic carbocycles. The zero-order valence-electron chi connectivity index (χ0n) is 44.3. The van der Waals surface area contributed by atoms with Crippen molar-refractivity contribution >= 4 is 58.6 Å². The minimum absolute atomic E-state index is 0.00461. The number of thiazole rings is 1. The van der Waals surface area contributed by atoms with Crippen LogP contribution < -0.4 is 31.9 Å². The second kappa shape index (κ2) is 26.0. The van der Waals surface area contributed by atoms with Gasteiger partial charge in [-0.25, -0.2) is 9.78 Å². The maximum atomic E-state index is 14.1. The van der Waals surface area contributed by atoms with Gasteiger partial charge < -0.3 is 46.5 Å². The van der Waals surface area contributed by atoms with E-state index >= 15 is 0 Å². The highest BCUT2D eigenvalue weighted by molar-refractivity contribution is 7.13. The number of carbonyl (C=O) groups is 7. The van der Waals surface area contributed by atoms with Gasteiger partial charge in [0.15, 0.2) is 0 Å². The lowest BCUT2D eigenvalue weighted by molar-refractivity contribution is -0.144. The number of aliphatic hydroxyl groups excluding tert-OH is 1. The summed E-state index contributed by atoms with van der Waals surface area (Å²) in [4.78, 5) is 102. The molecular weight excluding hydrogens is 965 g/mol. The molecule has 18 nitrogen and oxygen atoms in total. The van der Waals surface area contributed by atoms with Crippen molar-refractivity contribution in [2.45, 2.75) is 187 Å². The number of nitrogens with zero attached hydrogens (tertiary/aromatic N) is 3. The minimum atomic E-state index is -0.891. The summed E-state index contributed by atoms with van der Waals surface area (Å²) in [5, 5.41) is 22.3. The molecule has 0 saturated carbocycles. The van der Waals surface area contributed by atoms with Crippen molar-refractivity contribution in [1.82, 2.24) is 31.2 Å². The number of carbonyl (C=O) groups excluding carboxylic acids is 7. The van der Waals surface area contributed by atoms with Crippen molar-refractivity contribution in [3.63, 3.8) is 0 Å². The molecule has 74 heavy (non-hydrogen) atoms. The van der Waals surface area contributed by atoms with Crippen LogP contribution in [0.1, 0.15) is 141 Å². The summed E-state index contributed by atoms with van der Waals surface area (Å²) >= 11 is 1.57. The van der Waals surface area contributed by atoms with Gasteiger partial charge in [0.25, 0.3) is 0 Å². The smallest absolute Gasteiger partial charge is 0.408 e. The fourth-order valence-electron chi connectivity index (χ4n) is 9.85. The van der Waals surface area contributed by atoms with Crippen LogP contribution in [0, 0.1) is 12.3 Å². The topological polar surface area (TPSA) is 252 Å². The zero-order valence-corrected chi connectivity index (χ0v) is 45.1. The molecule has 0 radical (unpaired) electrons. The molecule has 7 N–H and O–H groups in total. The number of aliphatic hydroxyl groups is 1. The minimum Gasteiger partial charge on any atom is -0.444 e. The molecule has 404 valence electrons. The number of nitrogens with one attached hydrogen (secondary N) is 4. The van der Waals surface area contributed by atoms with Gasteiger partial charge in [-0.05, 0) is 87.5 Å². The number of aromatic nitrogens is 1. The number of likely N-dealkylation sites (tertiary alicyclic amines) is 1. The lowest BCUT2D eigenvalue weighted by Gasteiger charge is -2.35. The van der Waals surface area contributed by atoms with Gasteiger partial charge in [-0.3, -0.25) is 33.7 Å². The number of β-amino-alcohol motifs (C(OH)–C–C–N with tert-alkyl or cyclic N) is 1. The normalized spacial score (nSPS) is 19.3. The van der Waals surface area contributed by atoms with Crippen molar-refractivity contribution in [2.75, 3.05) is 24.7 Å². The SMILES string of the molecule is Cc1ncsc1-c1ccc(CNC(=O)[C@@H]2C[C@@H](O)CN2C(=O)[C@@H](NC(=O)CCCCCCCCCOC[C@H](CCC(N)=O)NC(=O)[C@@H]2Cc3cccc4c3N2C(=O)[C@@H](NC(=O)OC(C)(C)C)CC4)C(C)(C)C)cc1. The van der Waals surface area contributed by atoms with E-state index in [0.717, 1.165) is 71.3 Å². The number of primary amides is 1. The first-order valence-corrected chi connectivity index (χ1v) is 27.1. The molecule has 2 aromatic carbocycles. The number of unbranched alkanes of at least 4 members (excludes halogenated alkanes) is 6. The van der Waals surface area contributed by atoms with Crippen LogP contribution in [0.4, 0.5) is 10.5 Å². The van der Waals surface area contributed by atoms with Crippen LogP contribution in [0.15, 0.2) is 48.0 Å². The van der Waals surface area contributed by atoms with E-state index in [0.29, 0.717) is 38.0 Å². The largest absolute Gasteiger partial charge is 0.444 e. The van der Waals surface area contributed by atoms with Crippen LogP contribution in [0.25, 0.3) is 10.4 Å². The predicted molar refractivity (Wildman–Crippen MR) is 283 cm³/mol. The maximum Gasteiger partial charge on any atom is 0.408 e. The molecule has 0 bridgehead atoms. The number of anilines is 1. The molecule has 7 amide bonds. The first-order valence-electron chi connectivity index (χ1n) is 26.2. The van der Waals surface area contributed by atoms with E-state index in [9.17, 15) is 38.7 Å². The number of amides is 7. The van der Waals surface area contributed by atoms with Crippen molar-refractivity contribution in [1.29, 1.82) is 0 Å². The summed E-state index contributed by atoms with van der Waals surface area (Å²) in [6, 6.07) is 9.61. The van der Waals surface area contributed by atoms with Crippen molar-refractivity contribution in [3.8, 4) is 10.4 Å². The number of aryl methyl sites for hydroxylation is 2. The standard InChI is InChI=1S/C55H78N8O10S/c1-34-47(74-33-58-34)37-21-19-35(20-22-37)30-57-49(67)42-29-40(64)31-62(42)52(70)48(54(2,3)4)61-45(66)18-13-11-9-8-10-12-14-27-72-32-39(24-26-44(56)65)59-50(68)43-28-38-17-15-16-36-23-25-41(51(69)63(43)46(36)38)60-53(71)73-55(5,6)7/h15-17,19-22,33,39-43,48,64H,8-14,18,23-32H2,1-7H3,(H2,56,65)(H,57,67)(H,59,68)(H,60,71)(H,61,66)/t39-,40+,41-,42-,43-,48+/m0/s1. The van der Waals surface area contributed by atoms with Gasteiger partial charge in [0, 0.05) is 45.4 Å². The number of benzene rings is 2. The number of rotatable bonds is 24. The maximum absolute atomic E-state index is 14.1. The third kappa shape index (κ3) is 16.0. The number of nitrogens with two attached hydrogens (primary N) is 1. The highest BCUT2D eigenvalue weighted by Gasteiger charge is 2.46. The van der Waals surface area contributed by atoms with Gasteiger partial charge in [-0.2, -0.15) is 0 Å². The molecule has 3 aliphatic heterocycles. The molecular formula is C55H78N8O10S. The van der Waals surface area contributed by atoms with Crippen molar-refractivity contribution < 1.29 is 48.1 Å². The number of para-hydroxylation sites is 1. The first kappa shape index (κ1) is 57.4. The Bertz CT molecular complexity index is 2450. The summed E-state index contributed by atoms with van der Waals surface area (Å²) < 4.78 is 11.4. The lowest BCUT2D eigenvalue weighted by Crippen LogP contribution is -2.57. The van der Waals surface area contributed by atoms with E-state index in [2.05, 4.69) is 26.3 Å². The molecule has 4 heterocycles. The lowest BCUT2D eigenvalue weighted by atomic mass is 9.85. The molecule has 1 aromatic heterocycles. The highest BCUT2D eigenvalue weighted by Crippen LogP contribution is 2.39. The van der Waals surface area contributed by atoms with Gasteiger partial charge in [0.1, 0.15) is 29.8 Å². The van der Waals surface area contributed by atoms with E-state index in [1.165, 1.54) is 9.80 Å². The van der Waals surface area contributed by atoms with Crippen LogP contribution in [0.2, 0.25) is 0 Å². The monoisotopic (exact) mass is 1040 g/mol. The summed E-state index contributed by atoms with van der Waals surface area (Å²) in [6.07, 6.45) is 6.35. The highest BCUT2D eigenvalue weighted by atomic mass is 32.1. The van der Waals surface area contributed by atoms with E-state index in [-0.39, 0.29) is 69.0 Å². The van der Waals surface area contributed by atoms with Crippen molar-refractivity contribution in [2.24, 2.45) is 11.1 Å². The van der Waals surface area contributed by atoms with Crippen molar-refractivity contribution in [3.05, 3.63) is 70.4 Å². The van der Waals surface area contributed by atoms with E-state index < -0.39 is 65.2 Å². The average molecular weight is 1040 g/mol. The quantitative estimate of drug-likeness (QED) is 0.0575. The molecule has 19 heteroatoms. The first-order chi connectivity index (χ1) is 35.1. The Morgan fingerprint density at radius 3 is 2.23 bits per heavy atom. The molecule has 1 saturated heterocycles. The van der Waals surface area contributed by atoms with Crippen LogP contribution in [0.3, 0.4) is 0 Å². The molecule has 3 aromatic rings. The van der Waals surface area contributed by atoms with E-state index in [1.807, 2.05) is 75.7 Å². The Labute approximate surface area is 439 Å². The summed E-state index contributed by atoms with van der Waals surface area (Å²) in [5.74, 6) is -2.26. The van der Waals surface area contributed by atoms with Gasteiger partial charge in [-0.1, -0.05) is 95.3 Å². The predicted octanol–water partition coefficient (Wildman–Crippen LogP) is 5.91. The van der Waals surface area contributed by atoms with E-state index in [4.69, 9.17) is 15.2 Å². The van der Waals surface area contributed by atoms with Crippen LogP contribution in [0.5, 0.6) is 0 Å². The number of ether oxygens (including phenoxy) is 2. The molecule has 6 rings (SSSR count). The Kier molecular flexibility index (Phi) is 20.2. The Balaban J connectivity index is 0.886. The Morgan fingerprint density at radius 1 is 0.878 bits per heavy atom. The Morgan fingerprint density at radius 2 is 1.57 bits per heavy atom. The third-order valence-corrected chi connectivity index (χ3v) is 14.7. The summed E-state index contributed by atoms with van der Waals surface area (Å²) in [7, 11) is 0. The second-order valence-corrected chi connectivity index (χ2v) is 22.9. The van der Waals surface area contributed by atoms with Gasteiger partial charge in [0.2, 0.25) is 35.4 Å². The molecule has 3 aliphatic rings. The molecule has 1 fully saturated rings. The third-order valence-electron chi connectivity index (χ3n) is 13.7. The summed E-state index contributed by atoms with van der Waals surface area (Å²) in [5.41, 5.74) is 11.3. The zero-order chi connectivity index (χ0) is 53.7. The second-order valence-electron chi connectivity index (χ2n) is 22.0. The molecule has 0 spiro atoms. The van der Waals surface area contributed by atoms with Crippen LogP contribution in [-0.2, 0) is 57.6 Å². The van der Waals surface area contributed by atoms with Gasteiger partial charge in [0.05, 0.1) is 40.5 Å². The van der Waals surface area contributed by atoms with Gasteiger partial charge >= 0.3 is 6.09 Å². The van der Waals surface area contributed by atoms with Gasteiger partial charge in [-0.15, -0.1) is 11.3 Å². The van der Waals surface area contributed by atoms with Crippen LogP contribution in [-0.4, -0.2) is 118 Å². The van der Waals surface area contributed by atoms with Crippen LogP contribution >= 0.6 is 11.3 Å². The molecule has 6 atom stereocenters.